The molecule has 0 atom stereocenters. The van der Waals surface area contributed by atoms with Gasteiger partial charge in [-0.2, -0.15) is 4.39 Å². The number of nitrogen functional groups attached to an aromatic ring is 1. The summed E-state index contributed by atoms with van der Waals surface area (Å²) in [5.74, 6) is -0.367. The van der Waals surface area contributed by atoms with E-state index in [4.69, 9.17) is 22.1 Å². The van der Waals surface area contributed by atoms with Crippen LogP contribution in [0.2, 0.25) is 5.02 Å². The lowest BCUT2D eigenvalue weighted by molar-refractivity contribution is 0.102. The molecule has 2 aromatic carbocycles. The van der Waals surface area contributed by atoms with Gasteiger partial charge in [0.25, 0.3) is 5.91 Å². The number of carbonyl (C=O) groups excluding carboxylic acids is 1. The molecule has 0 radical (unpaired) electrons. The smallest absolute Gasteiger partial charge is 0.259 e. The number of pyridine rings is 1. The van der Waals surface area contributed by atoms with Crippen LogP contribution in [0, 0.1) is 12.9 Å². The van der Waals surface area contributed by atoms with E-state index in [0.717, 1.165) is 0 Å². The molecular formula is C19H15ClFN3O2. The number of aromatic nitrogens is 1. The molecule has 1 amide bonds. The molecule has 1 heterocycles. The lowest BCUT2D eigenvalue weighted by Gasteiger charge is -2.11. The summed E-state index contributed by atoms with van der Waals surface area (Å²) in [6, 6.07) is 15.2. The number of hydrogen-bond acceptors (Lipinski definition) is 4. The highest BCUT2D eigenvalue weighted by atomic mass is 35.5. The van der Waals surface area contributed by atoms with Gasteiger partial charge >= 0.3 is 0 Å². The van der Waals surface area contributed by atoms with Crippen LogP contribution >= 0.6 is 11.6 Å². The Morgan fingerprint density at radius 3 is 2.73 bits per heavy atom. The van der Waals surface area contributed by atoms with Crippen molar-refractivity contribution in [3.8, 4) is 11.5 Å². The lowest BCUT2D eigenvalue weighted by Crippen LogP contribution is -2.16. The van der Waals surface area contributed by atoms with E-state index in [1.165, 1.54) is 13.0 Å². The van der Waals surface area contributed by atoms with Gasteiger partial charge in [0.1, 0.15) is 17.3 Å². The van der Waals surface area contributed by atoms with Crippen molar-refractivity contribution in [1.82, 2.24) is 4.98 Å². The summed E-state index contributed by atoms with van der Waals surface area (Å²) < 4.78 is 19.1. The number of nitrogens with zero attached hydrogens (tertiary/aromatic N) is 1. The summed E-state index contributed by atoms with van der Waals surface area (Å²) in [4.78, 5) is 15.9. The van der Waals surface area contributed by atoms with Crippen LogP contribution in [0.5, 0.6) is 11.5 Å². The van der Waals surface area contributed by atoms with E-state index in [-0.39, 0.29) is 16.9 Å². The first-order valence-corrected chi connectivity index (χ1v) is 8.08. The van der Waals surface area contributed by atoms with Gasteiger partial charge in [0.05, 0.1) is 10.6 Å². The number of anilines is 2. The Morgan fingerprint density at radius 1 is 1.19 bits per heavy atom. The van der Waals surface area contributed by atoms with Crippen LogP contribution in [0.15, 0.2) is 54.6 Å². The van der Waals surface area contributed by atoms with E-state index in [2.05, 4.69) is 10.3 Å². The Hall–Kier alpha value is -3.12. The summed E-state index contributed by atoms with van der Waals surface area (Å²) in [7, 11) is 0. The third kappa shape index (κ3) is 3.92. The maximum absolute atomic E-state index is 13.4. The topological polar surface area (TPSA) is 77.2 Å². The normalized spacial score (nSPS) is 10.4. The molecule has 1 aromatic heterocycles. The monoisotopic (exact) mass is 371 g/mol. The van der Waals surface area contributed by atoms with Crippen molar-refractivity contribution in [2.24, 2.45) is 0 Å². The van der Waals surface area contributed by atoms with Gasteiger partial charge in [0.2, 0.25) is 5.95 Å². The van der Waals surface area contributed by atoms with Crippen LogP contribution in [0.25, 0.3) is 0 Å². The Labute approximate surface area is 154 Å². The average molecular weight is 372 g/mol. The molecule has 0 aliphatic carbocycles. The maximum Gasteiger partial charge on any atom is 0.259 e. The summed E-state index contributed by atoms with van der Waals surface area (Å²) in [6.45, 7) is 1.51. The summed E-state index contributed by atoms with van der Waals surface area (Å²) in [6.07, 6.45) is 0. The zero-order valence-corrected chi connectivity index (χ0v) is 14.5. The van der Waals surface area contributed by atoms with Gasteiger partial charge in [-0.25, -0.2) is 4.98 Å². The molecule has 26 heavy (non-hydrogen) atoms. The minimum Gasteiger partial charge on any atom is -0.456 e. The number of carbonyl (C=O) groups is 1. The third-order valence-electron chi connectivity index (χ3n) is 3.58. The Kier molecular flexibility index (Phi) is 5.04. The fourth-order valence-electron chi connectivity index (χ4n) is 2.28. The van der Waals surface area contributed by atoms with E-state index in [1.807, 2.05) is 0 Å². The van der Waals surface area contributed by atoms with Gasteiger partial charge in [-0.3, -0.25) is 4.79 Å². The Balaban J connectivity index is 1.80. The molecule has 3 aromatic rings. The summed E-state index contributed by atoms with van der Waals surface area (Å²) in [5, 5.41) is 3.17. The van der Waals surface area contributed by atoms with E-state index >= 15 is 0 Å². The second-order valence-electron chi connectivity index (χ2n) is 5.54. The van der Waals surface area contributed by atoms with Crippen molar-refractivity contribution in [2.45, 2.75) is 6.92 Å². The maximum atomic E-state index is 13.4. The number of para-hydroxylation sites is 1. The number of nitrogens with two attached hydrogens (primary N) is 1. The van der Waals surface area contributed by atoms with Crippen molar-refractivity contribution in [3.63, 3.8) is 0 Å². The lowest BCUT2D eigenvalue weighted by atomic mass is 10.1. The van der Waals surface area contributed by atoms with Crippen LogP contribution in [0.4, 0.5) is 15.9 Å². The van der Waals surface area contributed by atoms with Crippen LogP contribution in [0.1, 0.15) is 15.9 Å². The van der Waals surface area contributed by atoms with Gasteiger partial charge in [0, 0.05) is 17.3 Å². The average Bonchev–Trinajstić information content (AvgIpc) is 2.60. The van der Waals surface area contributed by atoms with Gasteiger partial charge in [-0.1, -0.05) is 29.8 Å². The van der Waals surface area contributed by atoms with Crippen LogP contribution in [-0.4, -0.2) is 10.9 Å². The predicted octanol–water partition coefficient (Wildman–Crippen LogP) is 4.81. The fraction of sp³-hybridized carbons (Fsp3) is 0.0526. The Morgan fingerprint density at radius 2 is 1.96 bits per heavy atom. The fourth-order valence-corrected chi connectivity index (χ4v) is 2.45. The van der Waals surface area contributed by atoms with Crippen LogP contribution in [-0.2, 0) is 0 Å². The highest BCUT2D eigenvalue weighted by molar-refractivity contribution is 6.32. The number of hydrogen-bond donors (Lipinski definition) is 2. The van der Waals surface area contributed by atoms with Gasteiger partial charge in [0.15, 0.2) is 0 Å². The van der Waals surface area contributed by atoms with E-state index in [9.17, 15) is 9.18 Å². The molecule has 132 valence electrons. The van der Waals surface area contributed by atoms with Crippen LogP contribution in [0.3, 0.4) is 0 Å². The number of ether oxygens (including phenoxy) is 1. The highest BCUT2D eigenvalue weighted by Crippen LogP contribution is 2.30. The largest absolute Gasteiger partial charge is 0.456 e. The van der Waals surface area contributed by atoms with E-state index in [1.54, 1.807) is 48.5 Å². The van der Waals surface area contributed by atoms with Crippen molar-refractivity contribution in [3.05, 3.63) is 76.7 Å². The second-order valence-corrected chi connectivity index (χ2v) is 5.95. The molecule has 3 N–H and O–H groups in total. The molecule has 0 unspecified atom stereocenters. The number of benzene rings is 2. The van der Waals surface area contributed by atoms with Crippen molar-refractivity contribution >= 4 is 29.0 Å². The third-order valence-corrected chi connectivity index (χ3v) is 3.89. The van der Waals surface area contributed by atoms with E-state index < -0.39 is 11.9 Å². The zero-order valence-electron chi connectivity index (χ0n) is 13.8. The van der Waals surface area contributed by atoms with Gasteiger partial charge < -0.3 is 15.8 Å². The molecule has 0 bridgehead atoms. The van der Waals surface area contributed by atoms with Gasteiger partial charge in [-0.05, 0) is 37.3 Å². The van der Waals surface area contributed by atoms with Crippen molar-refractivity contribution in [2.75, 3.05) is 11.1 Å². The standard InChI is InChI=1S/C19H15ClFN3O2/c1-11-9-14(18(22)24-17(11)21)19(25)23-12-5-4-6-13(10-12)26-16-8-3-2-7-15(16)20/h2-10H,1H3,(H2,22,24)(H,23,25). The quantitative estimate of drug-likeness (QED) is 0.645. The second kappa shape index (κ2) is 7.41. The zero-order chi connectivity index (χ0) is 18.7. The Bertz CT molecular complexity index is 979. The highest BCUT2D eigenvalue weighted by Gasteiger charge is 2.14. The number of rotatable bonds is 4. The number of halogens is 2. The van der Waals surface area contributed by atoms with Crippen molar-refractivity contribution < 1.29 is 13.9 Å². The first kappa shape index (κ1) is 17.7. The van der Waals surface area contributed by atoms with Crippen LogP contribution < -0.4 is 15.8 Å². The first-order chi connectivity index (χ1) is 12.4. The molecule has 0 saturated carbocycles. The molecule has 0 fully saturated rings. The predicted molar refractivity (Wildman–Crippen MR) is 99.3 cm³/mol. The van der Waals surface area contributed by atoms with E-state index in [0.29, 0.717) is 22.2 Å². The molecule has 5 nitrogen and oxygen atoms in total. The number of aryl methyl sites for hydroxylation is 1. The molecule has 0 aliphatic rings. The summed E-state index contributed by atoms with van der Waals surface area (Å²) >= 11 is 6.08. The molecule has 0 aliphatic heterocycles. The molecule has 3 rings (SSSR count). The first-order valence-electron chi connectivity index (χ1n) is 7.70. The minimum atomic E-state index is -0.700. The molecular weight excluding hydrogens is 357 g/mol. The molecule has 7 heteroatoms. The molecule has 0 saturated heterocycles. The van der Waals surface area contributed by atoms with Crippen molar-refractivity contribution in [1.29, 1.82) is 0 Å². The number of nitrogens with one attached hydrogen (secondary N) is 1. The minimum absolute atomic E-state index is 0.0984. The van der Waals surface area contributed by atoms with Gasteiger partial charge in [-0.15, -0.1) is 0 Å². The summed E-state index contributed by atoms with van der Waals surface area (Å²) in [5.41, 5.74) is 6.46. The number of amides is 1. The SMILES string of the molecule is Cc1cc(C(=O)Nc2cccc(Oc3ccccc3Cl)c2)c(N)nc1F. The molecule has 0 spiro atoms.